The first kappa shape index (κ1) is 14.6. The van der Waals surface area contributed by atoms with Gasteiger partial charge in [-0.25, -0.2) is 0 Å². The molecule has 0 heterocycles. The molecule has 0 aromatic carbocycles. The smallest absolute Gasteiger partial charge is 0.318 e. The van der Waals surface area contributed by atoms with Crippen molar-refractivity contribution >= 4 is 10.2 Å². The maximum absolute atomic E-state index is 11.7. The first-order chi connectivity index (χ1) is 6.69. The Balaban J connectivity index is 4.18. The molecule has 0 fully saturated rings. The summed E-state index contributed by atoms with van der Waals surface area (Å²) in [6.45, 7) is -1.09. The highest BCUT2D eigenvalue weighted by molar-refractivity contribution is 7.87. The molecule has 0 amide bonds. The van der Waals surface area contributed by atoms with Gasteiger partial charge >= 0.3 is 6.18 Å². The summed E-state index contributed by atoms with van der Waals surface area (Å²) < 4.78 is 59.8. The molecule has 0 bridgehead atoms. The fraction of sp³-hybridized carbons (Fsp3) is 1.00. The monoisotopic (exact) mass is 249 g/mol. The van der Waals surface area contributed by atoms with Crippen molar-refractivity contribution < 1.29 is 21.6 Å². The molecule has 0 aromatic rings. The van der Waals surface area contributed by atoms with Gasteiger partial charge < -0.3 is 5.32 Å². The second kappa shape index (κ2) is 5.64. The average molecular weight is 249 g/mol. The lowest BCUT2D eigenvalue weighted by atomic mass is 10.6. The number of hydrogen-bond donors (Lipinski definition) is 2. The molecule has 0 aliphatic rings. The van der Waals surface area contributed by atoms with Crippen molar-refractivity contribution in [1.82, 2.24) is 14.3 Å². The summed E-state index contributed by atoms with van der Waals surface area (Å²) in [5.74, 6) is 0. The van der Waals surface area contributed by atoms with Gasteiger partial charge in [0.2, 0.25) is 0 Å². The lowest BCUT2D eigenvalue weighted by Crippen LogP contribution is -2.44. The van der Waals surface area contributed by atoms with Crippen molar-refractivity contribution in [1.29, 1.82) is 0 Å². The third-order valence-electron chi connectivity index (χ3n) is 1.54. The predicted molar refractivity (Wildman–Crippen MR) is 49.5 cm³/mol. The average Bonchev–Trinajstić information content (AvgIpc) is 2.10. The second-order valence-corrected chi connectivity index (χ2v) is 4.73. The normalized spacial score (nSPS) is 13.5. The highest BCUT2D eigenvalue weighted by Crippen LogP contribution is 2.13. The van der Waals surface area contributed by atoms with Crippen molar-refractivity contribution in [2.75, 3.05) is 33.7 Å². The van der Waals surface area contributed by atoms with Crippen LogP contribution in [0.3, 0.4) is 0 Å². The van der Waals surface area contributed by atoms with Crippen molar-refractivity contribution in [2.24, 2.45) is 0 Å². The molecule has 2 N–H and O–H groups in total. The Hall–Kier alpha value is -0.380. The molecule has 0 saturated heterocycles. The van der Waals surface area contributed by atoms with E-state index in [1.165, 1.54) is 11.8 Å². The van der Waals surface area contributed by atoms with E-state index < -0.39 is 22.9 Å². The molecule has 0 unspecified atom stereocenters. The van der Waals surface area contributed by atoms with Gasteiger partial charge in [-0.05, 0) is 7.05 Å². The van der Waals surface area contributed by atoms with Crippen LogP contribution in [-0.2, 0) is 10.2 Å². The highest BCUT2D eigenvalue weighted by Gasteiger charge is 2.30. The molecule has 0 atom stereocenters. The van der Waals surface area contributed by atoms with E-state index in [0.29, 0.717) is 6.54 Å². The maximum atomic E-state index is 11.7. The van der Waals surface area contributed by atoms with E-state index in [9.17, 15) is 21.6 Å². The van der Waals surface area contributed by atoms with Crippen molar-refractivity contribution in [2.45, 2.75) is 6.18 Å². The van der Waals surface area contributed by atoms with Crippen LogP contribution >= 0.6 is 0 Å². The molecule has 0 radical (unpaired) electrons. The predicted octanol–water partition coefficient (Wildman–Crippen LogP) is -0.466. The first-order valence-corrected chi connectivity index (χ1v) is 5.55. The van der Waals surface area contributed by atoms with Crippen LogP contribution in [-0.4, -0.2) is 52.6 Å². The van der Waals surface area contributed by atoms with Crippen LogP contribution in [0.1, 0.15) is 0 Å². The summed E-state index contributed by atoms with van der Waals surface area (Å²) in [6, 6.07) is 0. The zero-order valence-electron chi connectivity index (χ0n) is 8.43. The van der Waals surface area contributed by atoms with Crippen LogP contribution in [0.4, 0.5) is 13.2 Å². The number of alkyl halides is 3. The van der Waals surface area contributed by atoms with Gasteiger partial charge in [0.25, 0.3) is 10.2 Å². The Morgan fingerprint density at radius 2 is 1.87 bits per heavy atom. The summed E-state index contributed by atoms with van der Waals surface area (Å²) in [5.41, 5.74) is 0. The minimum atomic E-state index is -4.54. The number of nitrogens with one attached hydrogen (secondary N) is 2. The summed E-state index contributed by atoms with van der Waals surface area (Å²) in [5, 5.41) is 2.69. The van der Waals surface area contributed by atoms with E-state index in [1.54, 1.807) is 7.05 Å². The third-order valence-corrected chi connectivity index (χ3v) is 3.05. The molecule has 0 aliphatic carbocycles. The minimum Gasteiger partial charge on any atom is -0.318 e. The van der Waals surface area contributed by atoms with E-state index in [2.05, 4.69) is 5.32 Å². The highest BCUT2D eigenvalue weighted by atomic mass is 32.2. The number of rotatable bonds is 6. The lowest BCUT2D eigenvalue weighted by molar-refractivity contribution is -0.121. The third kappa shape index (κ3) is 6.66. The van der Waals surface area contributed by atoms with Gasteiger partial charge in [0.15, 0.2) is 0 Å². The molecule has 0 aromatic heterocycles. The van der Waals surface area contributed by atoms with Gasteiger partial charge in [0.1, 0.15) is 6.54 Å². The van der Waals surface area contributed by atoms with Crippen molar-refractivity contribution in [3.8, 4) is 0 Å². The quantitative estimate of drug-likeness (QED) is 0.669. The molecule has 5 nitrogen and oxygen atoms in total. The molecule has 0 rings (SSSR count). The molecular weight excluding hydrogens is 235 g/mol. The largest absolute Gasteiger partial charge is 0.402 e. The standard InChI is InChI=1S/C6H14F3N3O2S/c1-10-3-4-12(2)15(13,14)11-5-6(7,8)9/h10-11H,3-5H2,1-2H3. The summed E-state index contributed by atoms with van der Waals surface area (Å²) in [7, 11) is -1.22. The molecular formula is C6H14F3N3O2S. The molecule has 9 heteroatoms. The van der Waals surface area contributed by atoms with E-state index >= 15 is 0 Å². The van der Waals surface area contributed by atoms with Crippen LogP contribution in [0.5, 0.6) is 0 Å². The van der Waals surface area contributed by atoms with Gasteiger partial charge in [-0.2, -0.15) is 30.6 Å². The van der Waals surface area contributed by atoms with E-state index in [0.717, 1.165) is 4.31 Å². The van der Waals surface area contributed by atoms with Crippen molar-refractivity contribution in [3.63, 3.8) is 0 Å². The SMILES string of the molecule is CNCCN(C)S(=O)(=O)NCC(F)(F)F. The second-order valence-electron chi connectivity index (χ2n) is 2.87. The molecule has 0 saturated carbocycles. The Morgan fingerprint density at radius 3 is 2.27 bits per heavy atom. The Kier molecular flexibility index (Phi) is 5.49. The number of hydrogen-bond acceptors (Lipinski definition) is 3. The van der Waals surface area contributed by atoms with E-state index in [1.807, 2.05) is 0 Å². The molecule has 0 spiro atoms. The molecule has 15 heavy (non-hydrogen) atoms. The Labute approximate surface area is 86.8 Å². The fourth-order valence-electron chi connectivity index (χ4n) is 0.673. The van der Waals surface area contributed by atoms with Crippen molar-refractivity contribution in [3.05, 3.63) is 0 Å². The number of halogens is 3. The topological polar surface area (TPSA) is 61.4 Å². The van der Waals surface area contributed by atoms with Crippen LogP contribution in [0.15, 0.2) is 0 Å². The zero-order chi connectivity index (χ0) is 12.1. The van der Waals surface area contributed by atoms with Crippen LogP contribution in [0.25, 0.3) is 0 Å². The fourth-order valence-corrected chi connectivity index (χ4v) is 1.57. The zero-order valence-corrected chi connectivity index (χ0v) is 9.24. The van der Waals surface area contributed by atoms with Crippen LogP contribution < -0.4 is 10.0 Å². The number of nitrogens with zero attached hydrogens (tertiary/aromatic N) is 1. The van der Waals surface area contributed by atoms with Gasteiger partial charge in [-0.1, -0.05) is 0 Å². The van der Waals surface area contributed by atoms with E-state index in [4.69, 9.17) is 0 Å². The maximum Gasteiger partial charge on any atom is 0.402 e. The van der Waals surface area contributed by atoms with Gasteiger partial charge in [-0.3, -0.25) is 0 Å². The molecule has 92 valence electrons. The summed E-state index contributed by atoms with van der Waals surface area (Å²) >= 11 is 0. The molecule has 0 aliphatic heterocycles. The number of likely N-dealkylation sites (N-methyl/N-ethyl adjacent to an activating group) is 2. The van der Waals surface area contributed by atoms with Crippen LogP contribution in [0.2, 0.25) is 0 Å². The van der Waals surface area contributed by atoms with Gasteiger partial charge in [0.05, 0.1) is 0 Å². The van der Waals surface area contributed by atoms with Gasteiger partial charge in [0, 0.05) is 20.1 Å². The van der Waals surface area contributed by atoms with Gasteiger partial charge in [-0.15, -0.1) is 0 Å². The summed E-state index contributed by atoms with van der Waals surface area (Å²) in [4.78, 5) is 0. The minimum absolute atomic E-state index is 0.101. The van der Waals surface area contributed by atoms with Crippen LogP contribution in [0, 0.1) is 0 Å². The van der Waals surface area contributed by atoms with E-state index in [-0.39, 0.29) is 6.54 Å². The Morgan fingerprint density at radius 1 is 1.33 bits per heavy atom. The lowest BCUT2D eigenvalue weighted by Gasteiger charge is -2.18. The first-order valence-electron chi connectivity index (χ1n) is 4.11. The summed E-state index contributed by atoms with van der Waals surface area (Å²) in [6.07, 6.45) is -4.54. The Bertz CT molecular complexity index is 278.